The SMILES string of the molecule is CCOC(=O)C1=C(C)NC2=C(C(=O)CCC2)[C@@H]1c1ccc(I)cc1. The van der Waals surface area contributed by atoms with Gasteiger partial charge >= 0.3 is 5.97 Å². The van der Waals surface area contributed by atoms with Crippen LogP contribution in [0.3, 0.4) is 0 Å². The first-order valence-electron chi connectivity index (χ1n) is 8.19. The number of ketones is 1. The van der Waals surface area contributed by atoms with Crippen LogP contribution < -0.4 is 5.32 Å². The highest BCUT2D eigenvalue weighted by molar-refractivity contribution is 14.1. The number of hydrogen-bond acceptors (Lipinski definition) is 4. The van der Waals surface area contributed by atoms with Crippen LogP contribution in [-0.4, -0.2) is 18.4 Å². The molecule has 24 heavy (non-hydrogen) atoms. The van der Waals surface area contributed by atoms with Gasteiger partial charge in [0.1, 0.15) is 0 Å². The maximum Gasteiger partial charge on any atom is 0.336 e. The summed E-state index contributed by atoms with van der Waals surface area (Å²) < 4.78 is 6.39. The summed E-state index contributed by atoms with van der Waals surface area (Å²) in [5, 5.41) is 3.29. The number of rotatable bonds is 3. The van der Waals surface area contributed by atoms with E-state index in [0.717, 1.165) is 38.9 Å². The second-order valence-electron chi connectivity index (χ2n) is 6.04. The number of carbonyl (C=O) groups excluding carboxylic acids is 2. The van der Waals surface area contributed by atoms with E-state index in [1.54, 1.807) is 6.92 Å². The fourth-order valence-electron chi connectivity index (χ4n) is 3.45. The summed E-state index contributed by atoms with van der Waals surface area (Å²) in [6, 6.07) is 8.00. The molecule has 1 aromatic rings. The molecule has 1 heterocycles. The molecule has 1 aromatic carbocycles. The van der Waals surface area contributed by atoms with Gasteiger partial charge in [-0.1, -0.05) is 12.1 Å². The quantitative estimate of drug-likeness (QED) is 0.577. The molecule has 0 spiro atoms. The molecule has 0 amide bonds. The van der Waals surface area contributed by atoms with Crippen LogP contribution >= 0.6 is 22.6 Å². The molecule has 0 bridgehead atoms. The lowest BCUT2D eigenvalue weighted by Gasteiger charge is -2.34. The third-order valence-corrected chi connectivity index (χ3v) is 5.19. The second-order valence-corrected chi connectivity index (χ2v) is 7.28. The number of ether oxygens (including phenoxy) is 1. The van der Waals surface area contributed by atoms with E-state index in [1.165, 1.54) is 0 Å². The van der Waals surface area contributed by atoms with E-state index >= 15 is 0 Å². The molecule has 126 valence electrons. The van der Waals surface area contributed by atoms with Crippen molar-refractivity contribution in [2.24, 2.45) is 0 Å². The van der Waals surface area contributed by atoms with Crippen LogP contribution in [0.25, 0.3) is 0 Å². The normalized spacial score (nSPS) is 20.6. The van der Waals surface area contributed by atoms with E-state index in [2.05, 4.69) is 27.9 Å². The van der Waals surface area contributed by atoms with Gasteiger partial charge in [-0.15, -0.1) is 0 Å². The molecule has 1 aliphatic heterocycles. The van der Waals surface area contributed by atoms with Crippen molar-refractivity contribution < 1.29 is 14.3 Å². The van der Waals surface area contributed by atoms with Gasteiger partial charge in [0.05, 0.1) is 12.2 Å². The molecule has 3 rings (SSSR count). The molecule has 1 atom stereocenters. The molecule has 0 saturated heterocycles. The van der Waals surface area contributed by atoms with Crippen molar-refractivity contribution in [2.75, 3.05) is 6.61 Å². The summed E-state index contributed by atoms with van der Waals surface area (Å²) in [6.45, 7) is 3.99. The van der Waals surface area contributed by atoms with Crippen molar-refractivity contribution in [2.45, 2.75) is 39.0 Å². The molecule has 2 aliphatic rings. The van der Waals surface area contributed by atoms with E-state index in [9.17, 15) is 9.59 Å². The minimum atomic E-state index is -0.351. The monoisotopic (exact) mass is 437 g/mol. The third kappa shape index (κ3) is 3.14. The van der Waals surface area contributed by atoms with Crippen molar-refractivity contribution >= 4 is 34.3 Å². The Kier molecular flexibility index (Phi) is 5.08. The van der Waals surface area contributed by atoms with E-state index in [-0.39, 0.29) is 17.7 Å². The Morgan fingerprint density at radius 2 is 2.00 bits per heavy atom. The minimum Gasteiger partial charge on any atom is -0.463 e. The molecular weight excluding hydrogens is 417 g/mol. The van der Waals surface area contributed by atoms with Crippen LogP contribution in [-0.2, 0) is 14.3 Å². The lowest BCUT2D eigenvalue weighted by molar-refractivity contribution is -0.138. The van der Waals surface area contributed by atoms with Crippen molar-refractivity contribution in [3.05, 3.63) is 55.9 Å². The second kappa shape index (κ2) is 7.09. The topological polar surface area (TPSA) is 55.4 Å². The largest absolute Gasteiger partial charge is 0.463 e. The van der Waals surface area contributed by atoms with E-state index < -0.39 is 0 Å². The van der Waals surface area contributed by atoms with Crippen molar-refractivity contribution in [3.8, 4) is 0 Å². The van der Waals surface area contributed by atoms with Gasteiger partial charge in [-0.05, 0) is 67.0 Å². The number of Topliss-reactive ketones (excluding diaryl/α,β-unsaturated/α-hetero) is 1. The summed E-state index contributed by atoms with van der Waals surface area (Å²) in [7, 11) is 0. The Balaban J connectivity index is 2.15. The number of halogens is 1. The molecule has 0 fully saturated rings. The van der Waals surface area contributed by atoms with Crippen molar-refractivity contribution in [3.63, 3.8) is 0 Å². The molecule has 0 saturated carbocycles. The maximum absolute atomic E-state index is 12.6. The van der Waals surface area contributed by atoms with E-state index in [4.69, 9.17) is 4.74 Å². The third-order valence-electron chi connectivity index (χ3n) is 4.47. The fraction of sp³-hybridized carbons (Fsp3) is 0.368. The summed E-state index contributed by atoms with van der Waals surface area (Å²) in [5.41, 5.74) is 3.98. The molecule has 1 N–H and O–H groups in total. The highest BCUT2D eigenvalue weighted by Gasteiger charge is 2.38. The Labute approximate surface area is 155 Å². The number of dihydropyridines is 1. The van der Waals surface area contributed by atoms with Crippen LogP contribution in [0.2, 0.25) is 0 Å². The Morgan fingerprint density at radius 3 is 2.67 bits per heavy atom. The van der Waals surface area contributed by atoms with Gasteiger partial charge < -0.3 is 10.1 Å². The predicted molar refractivity (Wildman–Crippen MR) is 100 cm³/mol. The first kappa shape index (κ1) is 17.2. The molecule has 0 aromatic heterocycles. The van der Waals surface area contributed by atoms with Crippen LogP contribution in [0.1, 0.15) is 44.6 Å². The van der Waals surface area contributed by atoms with Gasteiger partial charge in [-0.3, -0.25) is 4.79 Å². The number of esters is 1. The van der Waals surface area contributed by atoms with Gasteiger partial charge in [0.15, 0.2) is 5.78 Å². The predicted octanol–water partition coefficient (Wildman–Crippen LogP) is 3.82. The Morgan fingerprint density at radius 1 is 1.29 bits per heavy atom. The first-order valence-corrected chi connectivity index (χ1v) is 9.27. The van der Waals surface area contributed by atoms with Gasteiger partial charge in [0, 0.05) is 32.9 Å². The summed E-state index contributed by atoms with van der Waals surface area (Å²) in [4.78, 5) is 25.2. The van der Waals surface area contributed by atoms with Gasteiger partial charge in [0.2, 0.25) is 0 Å². The Hall–Kier alpha value is -1.63. The lowest BCUT2D eigenvalue weighted by Crippen LogP contribution is -2.34. The molecule has 0 radical (unpaired) electrons. The first-order chi connectivity index (χ1) is 11.5. The number of nitrogens with one attached hydrogen (secondary N) is 1. The maximum atomic E-state index is 12.6. The smallest absolute Gasteiger partial charge is 0.336 e. The average Bonchev–Trinajstić information content (AvgIpc) is 2.55. The fourth-order valence-corrected chi connectivity index (χ4v) is 3.81. The van der Waals surface area contributed by atoms with E-state index in [1.807, 2.05) is 31.2 Å². The highest BCUT2D eigenvalue weighted by Crippen LogP contribution is 2.42. The van der Waals surface area contributed by atoms with Gasteiger partial charge in [0.25, 0.3) is 0 Å². The molecule has 1 aliphatic carbocycles. The molecule has 4 nitrogen and oxygen atoms in total. The lowest BCUT2D eigenvalue weighted by atomic mass is 9.75. The number of allylic oxidation sites excluding steroid dienone is 3. The minimum absolute atomic E-state index is 0.126. The van der Waals surface area contributed by atoms with E-state index in [0.29, 0.717) is 18.6 Å². The van der Waals surface area contributed by atoms with Crippen molar-refractivity contribution in [1.82, 2.24) is 5.32 Å². The zero-order valence-electron chi connectivity index (χ0n) is 13.8. The van der Waals surface area contributed by atoms with Gasteiger partial charge in [-0.25, -0.2) is 4.79 Å². The number of hydrogen-bond donors (Lipinski definition) is 1. The zero-order chi connectivity index (χ0) is 17.3. The number of carbonyl (C=O) groups is 2. The van der Waals surface area contributed by atoms with Crippen LogP contribution in [0, 0.1) is 3.57 Å². The van der Waals surface area contributed by atoms with Crippen LogP contribution in [0.15, 0.2) is 46.8 Å². The standard InChI is InChI=1S/C19H20INO3/c1-3-24-19(23)16-11(2)21-14-5-4-6-15(22)18(14)17(16)12-7-9-13(20)10-8-12/h7-10,17,21H,3-6H2,1-2H3/t17-/m1/s1. The van der Waals surface area contributed by atoms with Crippen LogP contribution in [0.5, 0.6) is 0 Å². The highest BCUT2D eigenvalue weighted by atomic mass is 127. The summed E-state index contributed by atoms with van der Waals surface area (Å²) >= 11 is 2.25. The van der Waals surface area contributed by atoms with Crippen molar-refractivity contribution in [1.29, 1.82) is 0 Å². The molecule has 0 unspecified atom stereocenters. The summed E-state index contributed by atoms with van der Waals surface area (Å²) in [5.74, 6) is -0.567. The molecule has 5 heteroatoms. The van der Waals surface area contributed by atoms with Crippen LogP contribution in [0.4, 0.5) is 0 Å². The molecular formula is C19H20INO3. The summed E-state index contributed by atoms with van der Waals surface area (Å²) in [6.07, 6.45) is 2.23. The number of benzene rings is 1. The average molecular weight is 437 g/mol. The Bertz CT molecular complexity index is 746. The van der Waals surface area contributed by atoms with Gasteiger partial charge in [-0.2, -0.15) is 0 Å². The zero-order valence-corrected chi connectivity index (χ0v) is 16.0.